The first-order chi connectivity index (χ1) is 7.54. The minimum atomic E-state index is -0.538. The zero-order valence-corrected chi connectivity index (χ0v) is 10.5. The van der Waals surface area contributed by atoms with Crippen molar-refractivity contribution in [3.8, 4) is 0 Å². The van der Waals surface area contributed by atoms with Gasteiger partial charge in [-0.1, -0.05) is 34.7 Å². The minimum Gasteiger partial charge on any atom is -0.295 e. The molecule has 0 saturated heterocycles. The van der Waals surface area contributed by atoms with Gasteiger partial charge in [0.2, 0.25) is 0 Å². The average molecular weight is 281 g/mol. The molecule has 2 rings (SSSR count). The van der Waals surface area contributed by atoms with E-state index in [0.29, 0.717) is 12.8 Å². The Morgan fingerprint density at radius 2 is 2.25 bits per heavy atom. The summed E-state index contributed by atoms with van der Waals surface area (Å²) < 4.78 is 0.806. The summed E-state index contributed by atoms with van der Waals surface area (Å²) in [5.74, 6) is 0.300. The monoisotopic (exact) mass is 280 g/mol. The Labute approximate surface area is 103 Å². The van der Waals surface area contributed by atoms with Crippen molar-refractivity contribution in [2.75, 3.05) is 0 Å². The van der Waals surface area contributed by atoms with Crippen molar-refractivity contribution in [3.63, 3.8) is 0 Å². The molecule has 16 heavy (non-hydrogen) atoms. The molecule has 0 aromatic rings. The molecule has 0 fully saturated rings. The van der Waals surface area contributed by atoms with Crippen LogP contribution in [-0.2, 0) is 9.59 Å². The first-order valence-electron chi connectivity index (χ1n) is 5.31. The van der Waals surface area contributed by atoms with E-state index in [1.807, 2.05) is 6.08 Å². The Kier molecular flexibility index (Phi) is 2.98. The largest absolute Gasteiger partial charge is 0.295 e. The fourth-order valence-corrected chi connectivity index (χ4v) is 3.01. The molecule has 3 heteroatoms. The third-order valence-electron chi connectivity index (χ3n) is 3.38. The Balaban J connectivity index is 2.43. The molecule has 0 bridgehead atoms. The number of ketones is 2. The van der Waals surface area contributed by atoms with E-state index in [1.54, 1.807) is 18.2 Å². The second-order valence-corrected chi connectivity index (χ2v) is 5.56. The Hall–Kier alpha value is -0.960. The Morgan fingerprint density at radius 3 is 2.94 bits per heavy atom. The maximum Gasteiger partial charge on any atom is 0.165 e. The van der Waals surface area contributed by atoms with E-state index in [0.717, 1.165) is 10.9 Å². The van der Waals surface area contributed by atoms with Crippen LogP contribution in [0.25, 0.3) is 0 Å². The molecule has 2 aliphatic carbocycles. The second-order valence-electron chi connectivity index (χ2n) is 4.44. The smallest absolute Gasteiger partial charge is 0.165 e. The minimum absolute atomic E-state index is 0.0908. The first-order valence-corrected chi connectivity index (χ1v) is 6.10. The molecule has 2 nitrogen and oxygen atoms in total. The number of carbonyl (C=O) groups excluding carboxylic acids is 2. The predicted molar refractivity (Wildman–Crippen MR) is 66.1 cm³/mol. The van der Waals surface area contributed by atoms with Gasteiger partial charge in [0.15, 0.2) is 11.6 Å². The van der Waals surface area contributed by atoms with E-state index in [2.05, 4.69) is 22.5 Å². The maximum atomic E-state index is 12.1. The highest BCUT2D eigenvalue weighted by Gasteiger charge is 2.45. The fraction of sp³-hybridized carbons (Fsp3) is 0.385. The lowest BCUT2D eigenvalue weighted by Gasteiger charge is -2.40. The van der Waals surface area contributed by atoms with Gasteiger partial charge in [0, 0.05) is 6.42 Å². The SMILES string of the molecule is C=C(Br)C[C@@]12C=CC(=O)C[C@@H]1CC=CC2=O. The van der Waals surface area contributed by atoms with Gasteiger partial charge in [0.05, 0.1) is 5.41 Å². The molecular weight excluding hydrogens is 268 g/mol. The molecule has 0 unspecified atom stereocenters. The number of halogens is 1. The molecule has 0 aliphatic heterocycles. The van der Waals surface area contributed by atoms with E-state index < -0.39 is 5.41 Å². The summed E-state index contributed by atoms with van der Waals surface area (Å²) in [5, 5.41) is 0. The molecule has 0 saturated carbocycles. The van der Waals surface area contributed by atoms with E-state index in [-0.39, 0.29) is 17.5 Å². The lowest BCUT2D eigenvalue weighted by molar-refractivity contribution is -0.127. The van der Waals surface area contributed by atoms with Crippen LogP contribution in [0.4, 0.5) is 0 Å². The zero-order chi connectivity index (χ0) is 11.8. The summed E-state index contributed by atoms with van der Waals surface area (Å²) in [4.78, 5) is 23.5. The highest BCUT2D eigenvalue weighted by molar-refractivity contribution is 9.11. The van der Waals surface area contributed by atoms with Crippen LogP contribution >= 0.6 is 15.9 Å². The van der Waals surface area contributed by atoms with Crippen LogP contribution in [0, 0.1) is 11.3 Å². The van der Waals surface area contributed by atoms with Gasteiger partial charge in [-0.2, -0.15) is 0 Å². The Bertz CT molecular complexity index is 420. The summed E-state index contributed by atoms with van der Waals surface area (Å²) in [6.07, 6.45) is 8.66. The van der Waals surface area contributed by atoms with Gasteiger partial charge in [-0.05, 0) is 35.4 Å². The lowest BCUT2D eigenvalue weighted by Crippen LogP contribution is -2.41. The molecule has 0 amide bonds. The van der Waals surface area contributed by atoms with Gasteiger partial charge in [-0.15, -0.1) is 0 Å². The molecule has 0 aromatic carbocycles. The van der Waals surface area contributed by atoms with E-state index >= 15 is 0 Å². The van der Waals surface area contributed by atoms with Crippen molar-refractivity contribution in [2.45, 2.75) is 19.3 Å². The summed E-state index contributed by atoms with van der Waals surface area (Å²) in [6.45, 7) is 3.81. The molecule has 84 valence electrons. The van der Waals surface area contributed by atoms with E-state index in [1.165, 1.54) is 0 Å². The summed E-state index contributed by atoms with van der Waals surface area (Å²) in [7, 11) is 0. The quantitative estimate of drug-likeness (QED) is 0.779. The first kappa shape index (κ1) is 11.5. The number of fused-ring (bicyclic) bond motifs is 1. The average Bonchev–Trinajstić information content (AvgIpc) is 2.20. The molecule has 0 N–H and O–H groups in total. The third-order valence-corrected chi connectivity index (χ3v) is 3.66. The highest BCUT2D eigenvalue weighted by atomic mass is 79.9. The third kappa shape index (κ3) is 1.84. The number of rotatable bonds is 2. The van der Waals surface area contributed by atoms with Crippen LogP contribution in [0.3, 0.4) is 0 Å². The molecule has 2 atom stereocenters. The molecule has 0 radical (unpaired) electrons. The van der Waals surface area contributed by atoms with Crippen molar-refractivity contribution in [2.24, 2.45) is 11.3 Å². The van der Waals surface area contributed by atoms with Crippen molar-refractivity contribution >= 4 is 27.5 Å². The van der Waals surface area contributed by atoms with Crippen LogP contribution in [-0.4, -0.2) is 11.6 Å². The van der Waals surface area contributed by atoms with Crippen molar-refractivity contribution in [1.29, 1.82) is 0 Å². The molecular formula is C13H13BrO2. The standard InChI is InChI=1S/C13H13BrO2/c1-9(14)8-13-6-5-11(15)7-10(13)3-2-4-12(13)16/h2,4-6,10H,1,3,7-8H2/t10-,13-/m0/s1. The van der Waals surface area contributed by atoms with Crippen molar-refractivity contribution in [1.82, 2.24) is 0 Å². The van der Waals surface area contributed by atoms with Gasteiger partial charge in [-0.25, -0.2) is 0 Å². The topological polar surface area (TPSA) is 34.1 Å². The molecule has 0 aromatic heterocycles. The van der Waals surface area contributed by atoms with Crippen LogP contribution in [0.2, 0.25) is 0 Å². The Morgan fingerprint density at radius 1 is 1.50 bits per heavy atom. The molecule has 0 spiro atoms. The zero-order valence-electron chi connectivity index (χ0n) is 8.91. The van der Waals surface area contributed by atoms with Gasteiger partial charge in [0.1, 0.15) is 0 Å². The molecule has 2 aliphatic rings. The van der Waals surface area contributed by atoms with Crippen LogP contribution in [0.15, 0.2) is 35.4 Å². The highest BCUT2D eigenvalue weighted by Crippen LogP contribution is 2.46. The lowest BCUT2D eigenvalue weighted by atomic mass is 9.62. The summed E-state index contributed by atoms with van der Waals surface area (Å²) in [6, 6.07) is 0. The fourth-order valence-electron chi connectivity index (χ4n) is 2.55. The van der Waals surface area contributed by atoms with Gasteiger partial charge in [-0.3, -0.25) is 9.59 Å². The summed E-state index contributed by atoms with van der Waals surface area (Å²) in [5.41, 5.74) is -0.538. The van der Waals surface area contributed by atoms with Gasteiger partial charge >= 0.3 is 0 Å². The number of hydrogen-bond acceptors (Lipinski definition) is 2. The van der Waals surface area contributed by atoms with E-state index in [9.17, 15) is 9.59 Å². The second kappa shape index (κ2) is 4.13. The van der Waals surface area contributed by atoms with Gasteiger partial charge in [0.25, 0.3) is 0 Å². The van der Waals surface area contributed by atoms with E-state index in [4.69, 9.17) is 0 Å². The predicted octanol–water partition coefficient (Wildman–Crippen LogP) is 2.95. The van der Waals surface area contributed by atoms with Crippen molar-refractivity contribution < 1.29 is 9.59 Å². The number of allylic oxidation sites excluding steroid dienone is 5. The van der Waals surface area contributed by atoms with Crippen LogP contribution in [0.5, 0.6) is 0 Å². The van der Waals surface area contributed by atoms with Crippen LogP contribution in [0.1, 0.15) is 19.3 Å². The summed E-state index contributed by atoms with van der Waals surface area (Å²) >= 11 is 3.32. The van der Waals surface area contributed by atoms with Gasteiger partial charge < -0.3 is 0 Å². The maximum absolute atomic E-state index is 12.1. The van der Waals surface area contributed by atoms with Crippen LogP contribution < -0.4 is 0 Å². The number of hydrogen-bond donors (Lipinski definition) is 0. The number of carbonyl (C=O) groups is 2. The normalized spacial score (nSPS) is 32.7. The van der Waals surface area contributed by atoms with Crippen molar-refractivity contribution in [3.05, 3.63) is 35.4 Å². The molecule has 0 heterocycles.